The van der Waals surface area contributed by atoms with E-state index in [1.165, 1.54) is 36.4 Å². The number of nitrogens with zero attached hydrogens (tertiary/aromatic N) is 2. The minimum atomic E-state index is -1.44. The van der Waals surface area contributed by atoms with Crippen molar-refractivity contribution in [1.29, 1.82) is 0 Å². The number of aliphatic hydroxyl groups excluding tert-OH is 4. The first-order chi connectivity index (χ1) is 31.5. The van der Waals surface area contributed by atoms with Crippen LogP contribution in [0.1, 0.15) is 60.1 Å². The van der Waals surface area contributed by atoms with Gasteiger partial charge in [-0.2, -0.15) is 0 Å². The van der Waals surface area contributed by atoms with Crippen LogP contribution in [0, 0.1) is 35.1 Å². The van der Waals surface area contributed by atoms with Crippen LogP contribution in [0.2, 0.25) is 0 Å². The molecule has 0 unspecified atom stereocenters. The molecule has 4 aromatic rings. The van der Waals surface area contributed by atoms with Crippen LogP contribution < -0.4 is 20.1 Å². The van der Waals surface area contributed by atoms with Gasteiger partial charge in [-0.25, -0.2) is 17.6 Å². The van der Waals surface area contributed by atoms with Crippen molar-refractivity contribution in [3.05, 3.63) is 118 Å². The fraction of sp³-hybridized carbons (Fsp3) is 0.458. The number of carbonyl (C=O) groups excluding carboxylic acids is 2. The first kappa shape index (κ1) is 46.0. The zero-order valence-electron chi connectivity index (χ0n) is 35.8. The third-order valence-corrected chi connectivity index (χ3v) is 14.1. The highest BCUT2D eigenvalue weighted by Gasteiger charge is 2.60. The summed E-state index contributed by atoms with van der Waals surface area (Å²) >= 11 is 0. The number of halogens is 4. The van der Waals surface area contributed by atoms with Gasteiger partial charge >= 0.3 is 0 Å². The zero-order valence-corrected chi connectivity index (χ0v) is 35.8. The van der Waals surface area contributed by atoms with Crippen LogP contribution in [0.5, 0.6) is 11.5 Å². The molecular formula is C48H52F4N4O10. The van der Waals surface area contributed by atoms with E-state index >= 15 is 0 Å². The Labute approximate surface area is 377 Å². The molecule has 10 rings (SSSR count). The van der Waals surface area contributed by atoms with Gasteiger partial charge in [0, 0.05) is 63.9 Å². The standard InChI is InChI=1S/2C24H26F2N2O5/c2*25-16-3-1-2-4-19(16)33-20-9-15-10-28(12-24(15,32)23(20)31)11-18(29)14-7-13-5-6-21(30)27-22(13)17(26)8-14/h2*1-4,7-8,15,18,20,23,29,31-32H,5-6,9-12H2,(H,27,30)/t15-,18+,20+,23+,24-;15-,18-,20+,23+,24-/m11/s1. The Morgan fingerprint density at radius 3 is 1.38 bits per heavy atom. The van der Waals surface area contributed by atoms with Crippen molar-refractivity contribution in [2.45, 2.75) is 86.4 Å². The van der Waals surface area contributed by atoms with Gasteiger partial charge < -0.3 is 50.7 Å². The van der Waals surface area contributed by atoms with Gasteiger partial charge in [0.15, 0.2) is 23.1 Å². The van der Waals surface area contributed by atoms with Gasteiger partial charge in [0.25, 0.3) is 0 Å². The maximum absolute atomic E-state index is 14.5. The maximum atomic E-state index is 14.5. The number of benzene rings is 4. The van der Waals surface area contributed by atoms with Crippen molar-refractivity contribution in [3.63, 3.8) is 0 Å². The SMILES string of the molecule is O=C1CCc2cc([C@@H](O)CN3C[C@H]4C[C@H](Oc5ccccc5F)[C@H](O)[C@@]4(O)C3)cc(F)c2N1.O=C1CCc2cc([C@H](O)CN3C[C@H]4C[C@H](Oc5ccccc5F)[C@H](O)[C@@]4(O)C3)cc(F)c2N1. The topological polar surface area (TPSA) is 205 Å². The van der Waals surface area contributed by atoms with Gasteiger partial charge in [-0.05, 0) is 84.3 Å². The van der Waals surface area contributed by atoms with Gasteiger partial charge in [-0.3, -0.25) is 19.4 Å². The quantitative estimate of drug-likeness (QED) is 0.108. The highest BCUT2D eigenvalue weighted by atomic mass is 19.1. The van der Waals surface area contributed by atoms with E-state index < -0.39 is 71.1 Å². The molecule has 0 radical (unpaired) electrons. The van der Waals surface area contributed by atoms with Crippen LogP contribution in [0.15, 0.2) is 72.8 Å². The molecule has 0 bridgehead atoms. The van der Waals surface area contributed by atoms with E-state index in [-0.39, 0.29) is 85.5 Å². The second-order valence-corrected chi connectivity index (χ2v) is 18.5. The molecule has 66 heavy (non-hydrogen) atoms. The maximum Gasteiger partial charge on any atom is 0.224 e. The monoisotopic (exact) mass is 920 g/mol. The van der Waals surface area contributed by atoms with Gasteiger partial charge in [0.1, 0.15) is 47.3 Å². The van der Waals surface area contributed by atoms with Gasteiger partial charge in [-0.1, -0.05) is 36.4 Å². The Hall–Kier alpha value is -5.18. The number of aryl methyl sites for hydroxylation is 2. The molecule has 2 aliphatic carbocycles. The van der Waals surface area contributed by atoms with Crippen molar-refractivity contribution in [1.82, 2.24) is 9.80 Å². The molecule has 4 aliphatic heterocycles. The number of carbonyl (C=O) groups is 2. The number of aliphatic hydroxyl groups is 6. The van der Waals surface area contributed by atoms with E-state index in [4.69, 9.17) is 9.47 Å². The fourth-order valence-corrected chi connectivity index (χ4v) is 10.7. The van der Waals surface area contributed by atoms with Crippen molar-refractivity contribution < 1.29 is 67.3 Å². The second kappa shape index (κ2) is 18.1. The molecule has 14 nitrogen and oxygen atoms in total. The van der Waals surface area contributed by atoms with Crippen LogP contribution in [-0.2, 0) is 22.4 Å². The molecule has 352 valence electrons. The number of hydrogen-bond acceptors (Lipinski definition) is 12. The van der Waals surface area contributed by atoms with E-state index in [1.54, 1.807) is 36.4 Å². The average molecular weight is 921 g/mol. The average Bonchev–Trinajstić information content (AvgIpc) is 3.92. The molecule has 2 saturated carbocycles. The summed E-state index contributed by atoms with van der Waals surface area (Å²) < 4.78 is 68.1. The molecule has 4 fully saturated rings. The van der Waals surface area contributed by atoms with Crippen LogP contribution >= 0.6 is 0 Å². The molecule has 2 amide bonds. The lowest BCUT2D eigenvalue weighted by atomic mass is 9.93. The number of rotatable bonds is 10. The van der Waals surface area contributed by atoms with Crippen molar-refractivity contribution in [2.75, 3.05) is 49.9 Å². The number of para-hydroxylation sites is 2. The first-order valence-electron chi connectivity index (χ1n) is 22.2. The highest BCUT2D eigenvalue weighted by Crippen LogP contribution is 2.46. The largest absolute Gasteiger partial charge is 0.485 e. The Morgan fingerprint density at radius 1 is 0.606 bits per heavy atom. The number of likely N-dealkylation sites (tertiary alicyclic amines) is 2. The van der Waals surface area contributed by atoms with Crippen molar-refractivity contribution in [3.8, 4) is 11.5 Å². The van der Waals surface area contributed by atoms with Crippen molar-refractivity contribution in [2.24, 2.45) is 11.8 Å². The third-order valence-electron chi connectivity index (χ3n) is 14.1. The van der Waals surface area contributed by atoms with E-state index in [1.807, 2.05) is 9.80 Å². The molecule has 0 spiro atoms. The Balaban J connectivity index is 0.000000166. The minimum Gasteiger partial charge on any atom is -0.485 e. The summed E-state index contributed by atoms with van der Waals surface area (Å²) in [5.41, 5.74) is -0.483. The molecule has 2 saturated heterocycles. The lowest BCUT2D eigenvalue weighted by Crippen LogP contribution is -2.49. The van der Waals surface area contributed by atoms with Crippen LogP contribution in [0.3, 0.4) is 0 Å². The molecule has 0 aromatic heterocycles. The normalized spacial score (nSPS) is 30.0. The van der Waals surface area contributed by atoms with E-state index in [2.05, 4.69) is 10.6 Å². The number of nitrogens with one attached hydrogen (secondary N) is 2. The van der Waals surface area contributed by atoms with E-state index in [9.17, 15) is 57.8 Å². The van der Waals surface area contributed by atoms with E-state index in [0.717, 1.165) is 0 Å². The summed E-state index contributed by atoms with van der Waals surface area (Å²) in [4.78, 5) is 26.7. The lowest BCUT2D eigenvalue weighted by molar-refractivity contribution is -0.117. The molecular weight excluding hydrogens is 869 g/mol. The fourth-order valence-electron chi connectivity index (χ4n) is 10.7. The summed E-state index contributed by atoms with van der Waals surface area (Å²) in [5.74, 6) is -3.27. The van der Waals surface area contributed by atoms with Crippen LogP contribution in [0.25, 0.3) is 0 Å². The summed E-state index contributed by atoms with van der Waals surface area (Å²) in [6.45, 7) is 1.33. The number of anilines is 2. The summed E-state index contributed by atoms with van der Waals surface area (Å²) in [7, 11) is 0. The molecule has 18 heteroatoms. The summed E-state index contributed by atoms with van der Waals surface area (Å²) in [6.07, 6.45) is -3.91. The lowest BCUT2D eigenvalue weighted by Gasteiger charge is -2.29. The molecule has 4 heterocycles. The highest BCUT2D eigenvalue weighted by molar-refractivity contribution is 5.94. The Morgan fingerprint density at radius 2 is 1.00 bits per heavy atom. The van der Waals surface area contributed by atoms with Gasteiger partial charge in [0.2, 0.25) is 11.8 Å². The smallest absolute Gasteiger partial charge is 0.224 e. The summed E-state index contributed by atoms with van der Waals surface area (Å²) in [6, 6.07) is 17.7. The molecule has 6 aliphatic rings. The van der Waals surface area contributed by atoms with E-state index in [0.29, 0.717) is 61.0 Å². The molecule has 10 atom stereocenters. The van der Waals surface area contributed by atoms with Gasteiger partial charge in [-0.15, -0.1) is 0 Å². The summed E-state index contributed by atoms with van der Waals surface area (Å²) in [5, 5.41) is 70.4. The predicted molar refractivity (Wildman–Crippen MR) is 229 cm³/mol. The first-order valence-corrected chi connectivity index (χ1v) is 22.2. The van der Waals surface area contributed by atoms with Crippen LogP contribution in [0.4, 0.5) is 28.9 Å². The zero-order chi connectivity index (χ0) is 46.7. The Kier molecular flexibility index (Phi) is 12.6. The number of β-amino-alcohol motifs (C(OH)–C–C–N with tert-alkyl or cyclic N) is 4. The van der Waals surface area contributed by atoms with Gasteiger partial charge in [0.05, 0.1) is 23.6 Å². The molecule has 4 aromatic carbocycles. The Bertz CT molecular complexity index is 2330. The molecule has 8 N–H and O–H groups in total. The minimum absolute atomic E-state index is 0.0306. The van der Waals surface area contributed by atoms with Crippen LogP contribution in [-0.4, -0.2) is 127 Å². The second-order valence-electron chi connectivity index (χ2n) is 18.5. The number of hydrogen-bond donors (Lipinski definition) is 8. The number of ether oxygens (including phenoxy) is 2. The predicted octanol–water partition coefficient (Wildman–Crippen LogP) is 3.52. The number of amides is 2. The third kappa shape index (κ3) is 8.88. The van der Waals surface area contributed by atoms with Crippen molar-refractivity contribution >= 4 is 23.2 Å². The number of fused-ring (bicyclic) bond motifs is 4.